The van der Waals surface area contributed by atoms with Crippen molar-refractivity contribution >= 4 is 56.7 Å². The van der Waals surface area contributed by atoms with Crippen molar-refractivity contribution in [2.24, 2.45) is 0 Å². The van der Waals surface area contributed by atoms with Crippen molar-refractivity contribution in [3.05, 3.63) is 58.9 Å². The van der Waals surface area contributed by atoms with Gasteiger partial charge in [-0.3, -0.25) is 20.4 Å². The standard InChI is InChI=1S/C16H11ClFN3O2S2/c17-9-5-6-13-12(7-9)19-16(25-13)24-8-14(22)20-21-15(23)10-3-1-2-4-11(10)18/h1-7H,8H2,(H,20,22)(H,21,23). The molecule has 2 aromatic carbocycles. The molecule has 0 atom stereocenters. The van der Waals surface area contributed by atoms with Gasteiger partial charge in [0.2, 0.25) is 5.91 Å². The summed E-state index contributed by atoms with van der Waals surface area (Å²) in [5.41, 5.74) is 5.07. The molecule has 5 nitrogen and oxygen atoms in total. The Morgan fingerprint density at radius 2 is 2.00 bits per heavy atom. The van der Waals surface area contributed by atoms with Gasteiger partial charge in [0, 0.05) is 5.02 Å². The molecule has 0 aliphatic carbocycles. The number of nitrogens with zero attached hydrogens (tertiary/aromatic N) is 1. The maximum atomic E-state index is 13.5. The van der Waals surface area contributed by atoms with Crippen LogP contribution in [-0.2, 0) is 4.79 Å². The molecule has 0 saturated carbocycles. The fraction of sp³-hybridized carbons (Fsp3) is 0.0625. The van der Waals surface area contributed by atoms with Gasteiger partial charge in [-0.1, -0.05) is 35.5 Å². The van der Waals surface area contributed by atoms with Gasteiger partial charge in [-0.2, -0.15) is 0 Å². The molecule has 0 fully saturated rings. The average molecular weight is 396 g/mol. The number of benzene rings is 2. The van der Waals surface area contributed by atoms with E-state index in [1.807, 2.05) is 6.07 Å². The number of fused-ring (bicyclic) bond motifs is 1. The Kier molecular flexibility index (Phi) is 5.52. The normalized spacial score (nSPS) is 10.6. The molecule has 0 radical (unpaired) electrons. The van der Waals surface area contributed by atoms with Crippen LogP contribution in [0.25, 0.3) is 10.2 Å². The van der Waals surface area contributed by atoms with Crippen molar-refractivity contribution in [3.63, 3.8) is 0 Å². The van der Waals surface area contributed by atoms with Gasteiger partial charge in [0.25, 0.3) is 5.91 Å². The third kappa shape index (κ3) is 4.47. The predicted molar refractivity (Wildman–Crippen MR) is 97.4 cm³/mol. The zero-order valence-corrected chi connectivity index (χ0v) is 15.0. The molecule has 25 heavy (non-hydrogen) atoms. The summed E-state index contributed by atoms with van der Waals surface area (Å²) in [4.78, 5) is 28.0. The number of carbonyl (C=O) groups is 2. The molecule has 0 bridgehead atoms. The highest BCUT2D eigenvalue weighted by molar-refractivity contribution is 8.01. The summed E-state index contributed by atoms with van der Waals surface area (Å²) in [6, 6.07) is 10.9. The minimum Gasteiger partial charge on any atom is -0.272 e. The topological polar surface area (TPSA) is 71.1 Å². The maximum absolute atomic E-state index is 13.5. The molecule has 9 heteroatoms. The van der Waals surface area contributed by atoms with Crippen LogP contribution in [0.3, 0.4) is 0 Å². The molecule has 1 heterocycles. The van der Waals surface area contributed by atoms with Gasteiger partial charge in [0.1, 0.15) is 5.82 Å². The van der Waals surface area contributed by atoms with E-state index in [1.54, 1.807) is 12.1 Å². The second kappa shape index (κ2) is 7.81. The van der Waals surface area contributed by atoms with Crippen molar-refractivity contribution in [2.45, 2.75) is 4.34 Å². The highest BCUT2D eigenvalue weighted by atomic mass is 35.5. The summed E-state index contributed by atoms with van der Waals surface area (Å²) in [6.07, 6.45) is 0. The van der Waals surface area contributed by atoms with Gasteiger partial charge >= 0.3 is 0 Å². The molecular formula is C16H11ClFN3O2S2. The Hall–Kier alpha value is -2.16. The van der Waals surface area contributed by atoms with Crippen molar-refractivity contribution in [2.75, 3.05) is 5.75 Å². The molecule has 0 aliphatic heterocycles. The van der Waals surface area contributed by atoms with Gasteiger partial charge < -0.3 is 0 Å². The van der Waals surface area contributed by atoms with Gasteiger partial charge in [-0.05, 0) is 30.3 Å². The van der Waals surface area contributed by atoms with Crippen molar-refractivity contribution < 1.29 is 14.0 Å². The van der Waals surface area contributed by atoms with E-state index in [4.69, 9.17) is 11.6 Å². The number of thioether (sulfide) groups is 1. The van der Waals surface area contributed by atoms with Crippen molar-refractivity contribution in [1.82, 2.24) is 15.8 Å². The Bertz CT molecular complexity index is 948. The molecule has 0 spiro atoms. The van der Waals surface area contributed by atoms with Gasteiger partial charge in [-0.25, -0.2) is 9.37 Å². The first kappa shape index (κ1) is 17.7. The van der Waals surface area contributed by atoms with Crippen LogP contribution in [0.15, 0.2) is 46.8 Å². The van der Waals surface area contributed by atoms with Crippen molar-refractivity contribution in [3.8, 4) is 0 Å². The van der Waals surface area contributed by atoms with E-state index in [1.165, 1.54) is 47.4 Å². The molecule has 2 N–H and O–H groups in total. The third-order valence-corrected chi connectivity index (χ3v) is 5.51. The number of hydrazine groups is 1. The average Bonchev–Trinajstić information content (AvgIpc) is 3.00. The summed E-state index contributed by atoms with van der Waals surface area (Å²) in [7, 11) is 0. The molecule has 2 amide bonds. The number of halogens is 2. The van der Waals surface area contributed by atoms with E-state index in [9.17, 15) is 14.0 Å². The molecule has 0 aliphatic rings. The highest BCUT2D eigenvalue weighted by Gasteiger charge is 2.12. The SMILES string of the molecule is O=C(CSc1nc2cc(Cl)ccc2s1)NNC(=O)c1ccccc1F. The van der Waals surface area contributed by atoms with Crippen LogP contribution >= 0.6 is 34.7 Å². The number of carbonyl (C=O) groups excluding carboxylic acids is 2. The van der Waals surface area contributed by atoms with E-state index in [2.05, 4.69) is 15.8 Å². The second-order valence-electron chi connectivity index (χ2n) is 4.86. The largest absolute Gasteiger partial charge is 0.272 e. The monoisotopic (exact) mass is 395 g/mol. The molecule has 0 saturated heterocycles. The maximum Gasteiger partial charge on any atom is 0.272 e. The van der Waals surface area contributed by atoms with Crippen LogP contribution < -0.4 is 10.9 Å². The van der Waals surface area contributed by atoms with E-state index >= 15 is 0 Å². The number of rotatable bonds is 4. The zero-order chi connectivity index (χ0) is 17.8. The van der Waals surface area contributed by atoms with Crippen LogP contribution in [0.5, 0.6) is 0 Å². The minimum atomic E-state index is -0.717. The van der Waals surface area contributed by atoms with E-state index < -0.39 is 17.6 Å². The summed E-state index contributed by atoms with van der Waals surface area (Å²) >= 11 is 8.60. The fourth-order valence-electron chi connectivity index (χ4n) is 1.94. The predicted octanol–water partition coefficient (Wildman–Crippen LogP) is 3.64. The number of thiazole rings is 1. The smallest absolute Gasteiger partial charge is 0.272 e. The lowest BCUT2D eigenvalue weighted by molar-refractivity contribution is -0.119. The molecule has 0 unspecified atom stereocenters. The van der Waals surface area contributed by atoms with Crippen LogP contribution in [-0.4, -0.2) is 22.6 Å². The Balaban J connectivity index is 1.52. The molecule has 1 aromatic heterocycles. The third-order valence-electron chi connectivity index (χ3n) is 3.09. The summed E-state index contributed by atoms with van der Waals surface area (Å²) in [5.74, 6) is -1.74. The van der Waals surface area contributed by atoms with Crippen LogP contribution in [0.1, 0.15) is 10.4 Å². The first-order chi connectivity index (χ1) is 12.0. The van der Waals surface area contributed by atoms with Crippen LogP contribution in [0.2, 0.25) is 5.02 Å². The van der Waals surface area contributed by atoms with E-state index in [0.29, 0.717) is 9.36 Å². The summed E-state index contributed by atoms with van der Waals surface area (Å²) < 4.78 is 15.2. The van der Waals surface area contributed by atoms with Crippen molar-refractivity contribution in [1.29, 1.82) is 0 Å². The Labute approximate surface area is 155 Å². The number of amides is 2. The van der Waals surface area contributed by atoms with Gasteiger partial charge in [0.15, 0.2) is 4.34 Å². The Morgan fingerprint density at radius 3 is 2.80 bits per heavy atom. The number of hydrogen-bond acceptors (Lipinski definition) is 5. The van der Waals surface area contributed by atoms with E-state index in [-0.39, 0.29) is 11.3 Å². The zero-order valence-electron chi connectivity index (χ0n) is 12.6. The van der Waals surface area contributed by atoms with E-state index in [0.717, 1.165) is 10.2 Å². The number of nitrogens with one attached hydrogen (secondary N) is 2. The molecule has 128 valence electrons. The lowest BCUT2D eigenvalue weighted by Crippen LogP contribution is -2.42. The quantitative estimate of drug-likeness (QED) is 0.522. The minimum absolute atomic E-state index is 0.0606. The Morgan fingerprint density at radius 1 is 1.20 bits per heavy atom. The van der Waals surface area contributed by atoms with Gasteiger partial charge in [0.05, 0.1) is 21.5 Å². The lowest BCUT2D eigenvalue weighted by Gasteiger charge is -2.07. The number of hydrogen-bond donors (Lipinski definition) is 2. The molecule has 3 rings (SSSR count). The van der Waals surface area contributed by atoms with Crippen LogP contribution in [0.4, 0.5) is 4.39 Å². The van der Waals surface area contributed by atoms with Crippen LogP contribution in [0, 0.1) is 5.82 Å². The first-order valence-corrected chi connectivity index (χ1v) is 9.23. The lowest BCUT2D eigenvalue weighted by atomic mass is 10.2. The second-order valence-corrected chi connectivity index (χ2v) is 7.55. The summed E-state index contributed by atoms with van der Waals surface area (Å²) in [5, 5.41) is 0.600. The summed E-state index contributed by atoms with van der Waals surface area (Å²) in [6.45, 7) is 0. The number of aromatic nitrogens is 1. The molecule has 3 aromatic rings. The first-order valence-electron chi connectivity index (χ1n) is 7.05. The highest BCUT2D eigenvalue weighted by Crippen LogP contribution is 2.30. The fourth-order valence-corrected chi connectivity index (χ4v) is 3.96. The van der Waals surface area contributed by atoms with Gasteiger partial charge in [-0.15, -0.1) is 11.3 Å². The molecular weight excluding hydrogens is 385 g/mol.